The monoisotopic (exact) mass is 369 g/mol. The number of hydrogen-bond acceptors (Lipinski definition) is 4. The van der Waals surface area contributed by atoms with Crippen molar-refractivity contribution in [3.63, 3.8) is 0 Å². The fraction of sp³-hybridized carbons (Fsp3) is 0.381. The molecule has 1 aliphatic rings. The van der Waals surface area contributed by atoms with E-state index in [1.165, 1.54) is 0 Å². The van der Waals surface area contributed by atoms with Crippen LogP contribution < -0.4 is 20.1 Å². The molecule has 144 valence electrons. The van der Waals surface area contributed by atoms with E-state index in [0.717, 1.165) is 35.6 Å². The first-order chi connectivity index (χ1) is 13.2. The van der Waals surface area contributed by atoms with Crippen molar-refractivity contribution in [3.8, 4) is 11.5 Å². The van der Waals surface area contributed by atoms with Gasteiger partial charge >= 0.3 is 0 Å². The molecule has 2 aromatic rings. The first-order valence-corrected chi connectivity index (χ1v) is 9.30. The van der Waals surface area contributed by atoms with Crippen LogP contribution in [0.1, 0.15) is 36.6 Å². The summed E-state index contributed by atoms with van der Waals surface area (Å²) in [6.07, 6.45) is 0.191. The van der Waals surface area contributed by atoms with Gasteiger partial charge in [0, 0.05) is 18.5 Å². The molecule has 2 unspecified atom stereocenters. The predicted molar refractivity (Wildman–Crippen MR) is 106 cm³/mol. The molecule has 0 saturated carbocycles. The van der Waals surface area contributed by atoms with E-state index in [4.69, 9.17) is 9.47 Å². The van der Waals surface area contributed by atoms with Gasteiger partial charge in [-0.3, -0.25) is 4.99 Å². The van der Waals surface area contributed by atoms with Gasteiger partial charge in [0.2, 0.25) is 0 Å². The highest BCUT2D eigenvalue weighted by atomic mass is 16.5. The minimum atomic E-state index is -0.673. The Labute approximate surface area is 160 Å². The third kappa shape index (κ3) is 4.92. The minimum absolute atomic E-state index is 0.130. The highest BCUT2D eigenvalue weighted by Gasteiger charge is 2.22. The van der Waals surface area contributed by atoms with Gasteiger partial charge in [-0.05, 0) is 30.7 Å². The van der Waals surface area contributed by atoms with Crippen LogP contribution in [0.4, 0.5) is 0 Å². The number of ether oxygens (including phenoxy) is 2. The fourth-order valence-corrected chi connectivity index (χ4v) is 3.09. The van der Waals surface area contributed by atoms with E-state index >= 15 is 0 Å². The molecule has 6 nitrogen and oxygen atoms in total. The molecule has 27 heavy (non-hydrogen) atoms. The Morgan fingerprint density at radius 3 is 2.78 bits per heavy atom. The van der Waals surface area contributed by atoms with Crippen LogP contribution in [0.2, 0.25) is 0 Å². The van der Waals surface area contributed by atoms with Gasteiger partial charge in [0.05, 0.1) is 32.4 Å². The standard InChI is InChI=1S/C21H27N3O3/c1-3-22-21(23-14-19(25)15-8-10-16(26-2)11-9-15)24-18-12-13-27-20-7-5-4-6-17(18)20/h4-11,18-19,25H,3,12-14H2,1-2H3,(H2,22,23,24). The van der Waals surface area contributed by atoms with Gasteiger partial charge < -0.3 is 25.2 Å². The average Bonchev–Trinajstić information content (AvgIpc) is 2.72. The normalized spacial score (nSPS) is 17.4. The summed E-state index contributed by atoms with van der Waals surface area (Å²) in [6.45, 7) is 3.71. The van der Waals surface area contributed by atoms with Crippen molar-refractivity contribution < 1.29 is 14.6 Å². The van der Waals surface area contributed by atoms with Crippen molar-refractivity contribution in [2.75, 3.05) is 26.8 Å². The number of benzene rings is 2. The van der Waals surface area contributed by atoms with E-state index in [-0.39, 0.29) is 12.6 Å². The maximum atomic E-state index is 10.4. The molecule has 1 heterocycles. The summed E-state index contributed by atoms with van der Waals surface area (Å²) >= 11 is 0. The number of nitrogens with zero attached hydrogens (tertiary/aromatic N) is 1. The number of fused-ring (bicyclic) bond motifs is 1. The number of guanidine groups is 1. The molecule has 3 rings (SSSR count). The zero-order chi connectivity index (χ0) is 19.1. The van der Waals surface area contributed by atoms with E-state index in [9.17, 15) is 5.11 Å². The van der Waals surface area contributed by atoms with Gasteiger partial charge in [0.1, 0.15) is 11.5 Å². The van der Waals surface area contributed by atoms with Gasteiger partial charge in [-0.1, -0.05) is 30.3 Å². The van der Waals surface area contributed by atoms with Gasteiger partial charge in [-0.15, -0.1) is 0 Å². The molecular formula is C21H27N3O3. The first-order valence-electron chi connectivity index (χ1n) is 9.30. The molecule has 0 saturated heterocycles. The quantitative estimate of drug-likeness (QED) is 0.539. The highest BCUT2D eigenvalue weighted by molar-refractivity contribution is 5.80. The van der Waals surface area contributed by atoms with Gasteiger partial charge in [-0.2, -0.15) is 0 Å². The predicted octanol–water partition coefficient (Wildman–Crippen LogP) is 2.81. The molecule has 0 fully saturated rings. The maximum absolute atomic E-state index is 10.4. The summed E-state index contributed by atoms with van der Waals surface area (Å²) in [5, 5.41) is 17.2. The van der Waals surface area contributed by atoms with Crippen molar-refractivity contribution in [1.29, 1.82) is 0 Å². The largest absolute Gasteiger partial charge is 0.497 e. The summed E-state index contributed by atoms with van der Waals surface area (Å²) in [7, 11) is 1.62. The second-order valence-corrected chi connectivity index (χ2v) is 6.38. The van der Waals surface area contributed by atoms with E-state index in [0.29, 0.717) is 12.6 Å². The van der Waals surface area contributed by atoms with Crippen molar-refractivity contribution in [3.05, 3.63) is 59.7 Å². The van der Waals surface area contributed by atoms with Crippen LogP contribution in [-0.4, -0.2) is 37.9 Å². The molecule has 1 aliphatic heterocycles. The molecule has 0 aliphatic carbocycles. The number of para-hydroxylation sites is 1. The Kier molecular flexibility index (Phi) is 6.54. The Morgan fingerprint density at radius 2 is 2.04 bits per heavy atom. The number of aliphatic hydroxyl groups is 1. The number of methoxy groups -OCH3 is 1. The molecule has 2 aromatic carbocycles. The van der Waals surface area contributed by atoms with Crippen molar-refractivity contribution >= 4 is 5.96 Å². The Balaban J connectivity index is 1.68. The third-order valence-electron chi connectivity index (χ3n) is 4.54. The molecule has 0 spiro atoms. The summed E-state index contributed by atoms with van der Waals surface area (Å²) in [5.74, 6) is 2.37. The Bertz CT molecular complexity index is 762. The van der Waals surface area contributed by atoms with Crippen LogP contribution in [0, 0.1) is 0 Å². The van der Waals surface area contributed by atoms with Gasteiger partial charge in [0.25, 0.3) is 0 Å². The summed E-state index contributed by atoms with van der Waals surface area (Å²) in [6, 6.07) is 15.6. The van der Waals surface area contributed by atoms with Crippen molar-refractivity contribution in [2.24, 2.45) is 4.99 Å². The van der Waals surface area contributed by atoms with Crippen LogP contribution in [0.3, 0.4) is 0 Å². The molecule has 0 bridgehead atoms. The number of nitrogens with one attached hydrogen (secondary N) is 2. The van der Waals surface area contributed by atoms with E-state index in [1.54, 1.807) is 7.11 Å². The Hall–Kier alpha value is -2.73. The van der Waals surface area contributed by atoms with Crippen molar-refractivity contribution in [1.82, 2.24) is 10.6 Å². The molecule has 0 amide bonds. The van der Waals surface area contributed by atoms with Crippen LogP contribution in [0.5, 0.6) is 11.5 Å². The SMILES string of the molecule is CCNC(=NCC(O)c1ccc(OC)cc1)NC1CCOc2ccccc21. The lowest BCUT2D eigenvalue weighted by Crippen LogP contribution is -2.41. The molecule has 3 N–H and O–H groups in total. The molecule has 0 radical (unpaired) electrons. The number of hydrogen-bond donors (Lipinski definition) is 3. The van der Waals surface area contributed by atoms with Gasteiger partial charge in [-0.25, -0.2) is 0 Å². The fourth-order valence-electron chi connectivity index (χ4n) is 3.09. The first kappa shape index (κ1) is 19.0. The van der Waals surface area contributed by atoms with E-state index in [2.05, 4.69) is 21.7 Å². The van der Waals surface area contributed by atoms with Gasteiger partial charge in [0.15, 0.2) is 5.96 Å². The minimum Gasteiger partial charge on any atom is -0.497 e. The number of aliphatic hydroxyl groups excluding tert-OH is 1. The topological polar surface area (TPSA) is 75.1 Å². The second-order valence-electron chi connectivity index (χ2n) is 6.38. The number of rotatable bonds is 6. The zero-order valence-corrected chi connectivity index (χ0v) is 15.8. The van der Waals surface area contributed by atoms with Crippen molar-refractivity contribution in [2.45, 2.75) is 25.5 Å². The lowest BCUT2D eigenvalue weighted by Gasteiger charge is -2.28. The number of aliphatic imine (C=N–C) groups is 1. The average molecular weight is 369 g/mol. The molecular weight excluding hydrogens is 342 g/mol. The lowest BCUT2D eigenvalue weighted by atomic mass is 10.0. The smallest absolute Gasteiger partial charge is 0.191 e. The summed E-state index contributed by atoms with van der Waals surface area (Å²) in [4.78, 5) is 4.57. The van der Waals surface area contributed by atoms with Crippen LogP contribution >= 0.6 is 0 Å². The maximum Gasteiger partial charge on any atom is 0.191 e. The Morgan fingerprint density at radius 1 is 1.26 bits per heavy atom. The molecule has 6 heteroatoms. The summed E-state index contributed by atoms with van der Waals surface area (Å²) < 4.78 is 10.9. The highest BCUT2D eigenvalue weighted by Crippen LogP contribution is 2.31. The summed E-state index contributed by atoms with van der Waals surface area (Å²) in [5.41, 5.74) is 1.94. The third-order valence-corrected chi connectivity index (χ3v) is 4.54. The van der Waals surface area contributed by atoms with Crippen LogP contribution in [0.15, 0.2) is 53.5 Å². The van der Waals surface area contributed by atoms with Crippen LogP contribution in [0.25, 0.3) is 0 Å². The molecule has 0 aromatic heterocycles. The zero-order valence-electron chi connectivity index (χ0n) is 15.8. The lowest BCUT2D eigenvalue weighted by molar-refractivity contribution is 0.187. The second kappa shape index (κ2) is 9.28. The van der Waals surface area contributed by atoms with E-state index in [1.807, 2.05) is 49.4 Å². The van der Waals surface area contributed by atoms with E-state index < -0.39 is 6.10 Å². The molecule has 2 atom stereocenters. The van der Waals surface area contributed by atoms with Crippen LogP contribution in [-0.2, 0) is 0 Å².